The number of carbonyl (C=O) groups is 4. The maximum Gasteiger partial charge on any atom is 0.317 e. The van der Waals surface area contributed by atoms with E-state index in [9.17, 15) is 32.3 Å². The van der Waals surface area contributed by atoms with Crippen LogP contribution in [0, 0.1) is 23.4 Å². The van der Waals surface area contributed by atoms with Crippen molar-refractivity contribution in [2.45, 2.75) is 69.5 Å². The van der Waals surface area contributed by atoms with Gasteiger partial charge in [0.1, 0.15) is 28.7 Å². The number of nitrogens with zero attached hydrogens (tertiary/aromatic N) is 7. The largest absolute Gasteiger partial charge is 0.497 e. The molecule has 6 aromatic rings. The zero-order valence-corrected chi connectivity index (χ0v) is 46.4. The van der Waals surface area contributed by atoms with Gasteiger partial charge in [-0.05, 0) is 120 Å². The number of nitrogens with two attached hydrogens (primary N) is 3. The Bertz CT molecular complexity index is 3290. The predicted molar refractivity (Wildman–Crippen MR) is 306 cm³/mol. The zero-order valence-electron chi connectivity index (χ0n) is 45.6. The van der Waals surface area contributed by atoms with Crippen molar-refractivity contribution in [2.75, 3.05) is 47.4 Å². The summed E-state index contributed by atoms with van der Waals surface area (Å²) in [4.78, 5) is 70.9. The molecule has 7 N–H and O–H groups in total. The van der Waals surface area contributed by atoms with Gasteiger partial charge in [0.2, 0.25) is 11.8 Å². The number of guanidine groups is 3. The lowest BCUT2D eigenvalue weighted by Crippen LogP contribution is -2.49. The van der Waals surface area contributed by atoms with Crippen LogP contribution in [0.1, 0.15) is 74.4 Å². The van der Waals surface area contributed by atoms with E-state index >= 15 is 0 Å². The lowest BCUT2D eigenvalue weighted by molar-refractivity contribution is -0.131. The minimum absolute atomic E-state index is 0.00389. The monoisotopic (exact) mass is 1110 g/mol. The first-order valence-corrected chi connectivity index (χ1v) is 27.1. The molecule has 418 valence electrons. The van der Waals surface area contributed by atoms with Crippen molar-refractivity contribution < 1.29 is 37.1 Å². The van der Waals surface area contributed by atoms with Crippen LogP contribution in [0.5, 0.6) is 5.75 Å². The summed E-state index contributed by atoms with van der Waals surface area (Å²) in [5.74, 6) is -0.500. The Hall–Kier alpha value is -8.52. The zero-order chi connectivity index (χ0) is 57.5. The van der Waals surface area contributed by atoms with Crippen LogP contribution in [0.2, 0.25) is 0 Å². The number of hydrogen-bond donors (Lipinski definition) is 4. The fourth-order valence-corrected chi connectivity index (χ4v) is 11.1. The van der Waals surface area contributed by atoms with E-state index in [2.05, 4.69) is 15.3 Å². The molecular weight excluding hydrogens is 1040 g/mol. The molecule has 0 bridgehead atoms. The van der Waals surface area contributed by atoms with E-state index in [0.29, 0.717) is 54.2 Å². The number of ether oxygens (including phenoxy) is 1. The molecule has 4 aliphatic rings. The van der Waals surface area contributed by atoms with Crippen LogP contribution in [0.3, 0.4) is 0 Å². The van der Waals surface area contributed by atoms with E-state index in [-0.39, 0.29) is 66.2 Å². The van der Waals surface area contributed by atoms with Gasteiger partial charge in [-0.1, -0.05) is 85.8 Å². The third kappa shape index (κ3) is 12.3. The molecule has 1 aromatic heterocycles. The normalized spacial score (nSPS) is 20.0. The van der Waals surface area contributed by atoms with Crippen molar-refractivity contribution in [1.82, 2.24) is 24.9 Å². The maximum absolute atomic E-state index is 14.3. The molecule has 5 aromatic carbocycles. The molecule has 5 amide bonds. The van der Waals surface area contributed by atoms with Gasteiger partial charge in [0.25, 0.3) is 5.91 Å². The minimum atomic E-state index is -1.16. The molecule has 1 fully saturated rings. The minimum Gasteiger partial charge on any atom is -0.497 e. The SMILES string of the molecule is CCCNC(=O)N1CCC(CN2C(=O)C(c3ccccc3)(c3ccccc3)N=C2N)CC1.CN1C(=O)C[C@@](C)(c2cc(-c3cc(F)cc(F)c3)cs2)N=C1N.COc1ccc(F)c(-c2cccc([C@]3(C)CC(=O)N(C)C(N)=N3)c2)c1. The summed E-state index contributed by atoms with van der Waals surface area (Å²) in [5, 5.41) is 4.73. The van der Waals surface area contributed by atoms with E-state index < -0.39 is 28.3 Å². The van der Waals surface area contributed by atoms with Crippen molar-refractivity contribution >= 4 is 53.0 Å². The van der Waals surface area contributed by atoms with Gasteiger partial charge >= 0.3 is 6.03 Å². The van der Waals surface area contributed by atoms with E-state index in [1.165, 1.54) is 46.4 Å². The molecule has 80 heavy (non-hydrogen) atoms. The second kappa shape index (κ2) is 24.2. The number of halogens is 3. The summed E-state index contributed by atoms with van der Waals surface area (Å²) in [5.41, 5.74) is 20.0. The highest BCUT2D eigenvalue weighted by Crippen LogP contribution is 2.42. The molecule has 5 heterocycles. The van der Waals surface area contributed by atoms with Gasteiger partial charge in [-0.2, -0.15) is 0 Å². The highest BCUT2D eigenvalue weighted by molar-refractivity contribution is 7.10. The highest BCUT2D eigenvalue weighted by Gasteiger charge is 2.51. The van der Waals surface area contributed by atoms with E-state index in [4.69, 9.17) is 26.9 Å². The average molecular weight is 1110 g/mol. The Kier molecular flexibility index (Phi) is 17.5. The summed E-state index contributed by atoms with van der Waals surface area (Å²) < 4.78 is 46.2. The number of hydrogen-bond acceptors (Lipinski definition) is 12. The number of methoxy groups -OCH3 is 1. The number of piperidine rings is 1. The summed E-state index contributed by atoms with van der Waals surface area (Å²) in [6, 6.07) is 36.4. The Labute approximate surface area is 467 Å². The van der Waals surface area contributed by atoms with Crippen LogP contribution in [-0.2, 0) is 31.0 Å². The molecule has 0 radical (unpaired) electrons. The molecule has 0 spiro atoms. The van der Waals surface area contributed by atoms with Gasteiger partial charge in [-0.15, -0.1) is 11.3 Å². The maximum atomic E-state index is 14.3. The van der Waals surface area contributed by atoms with Crippen molar-refractivity contribution in [3.05, 3.63) is 172 Å². The lowest BCUT2D eigenvalue weighted by atomic mass is 9.82. The molecule has 0 unspecified atom stereocenters. The Balaban J connectivity index is 0.000000160. The third-order valence-electron chi connectivity index (χ3n) is 14.8. The molecule has 20 heteroatoms. The van der Waals surface area contributed by atoms with Gasteiger partial charge < -0.3 is 32.2 Å². The van der Waals surface area contributed by atoms with Crippen LogP contribution in [0.25, 0.3) is 22.3 Å². The van der Waals surface area contributed by atoms with Gasteiger partial charge in [0.05, 0.1) is 25.5 Å². The Morgan fingerprint density at radius 2 is 1.26 bits per heavy atom. The quantitative estimate of drug-likeness (QED) is 0.0980. The second-order valence-electron chi connectivity index (χ2n) is 20.5. The summed E-state index contributed by atoms with van der Waals surface area (Å²) in [6.45, 7) is 8.29. The number of aliphatic imine (C=N–C) groups is 3. The number of likely N-dealkylation sites (tertiary alicyclic amines) is 1. The van der Waals surface area contributed by atoms with E-state index in [1.807, 2.05) is 111 Å². The highest BCUT2D eigenvalue weighted by atomic mass is 32.1. The molecular formula is C60H66F3N11O5S. The van der Waals surface area contributed by atoms with Crippen molar-refractivity contribution in [2.24, 2.45) is 38.1 Å². The average Bonchev–Trinajstić information content (AvgIpc) is 4.14. The molecule has 1 saturated heterocycles. The lowest BCUT2D eigenvalue weighted by Gasteiger charge is -2.34. The topological polar surface area (TPSA) is 218 Å². The van der Waals surface area contributed by atoms with Gasteiger partial charge in [-0.25, -0.2) is 32.9 Å². The molecule has 0 aliphatic carbocycles. The van der Waals surface area contributed by atoms with Crippen molar-refractivity contribution in [3.63, 3.8) is 0 Å². The number of thiophene rings is 1. The first-order valence-electron chi connectivity index (χ1n) is 26.2. The van der Waals surface area contributed by atoms with Crippen LogP contribution in [0.4, 0.5) is 18.0 Å². The molecule has 16 nitrogen and oxygen atoms in total. The number of amides is 5. The smallest absolute Gasteiger partial charge is 0.317 e. The van der Waals surface area contributed by atoms with Crippen molar-refractivity contribution in [3.8, 4) is 28.0 Å². The molecule has 0 saturated carbocycles. The van der Waals surface area contributed by atoms with Crippen LogP contribution in [0.15, 0.2) is 148 Å². The summed E-state index contributed by atoms with van der Waals surface area (Å²) in [7, 11) is 4.72. The second-order valence-corrected chi connectivity index (χ2v) is 21.4. The van der Waals surface area contributed by atoms with Crippen molar-refractivity contribution in [1.29, 1.82) is 0 Å². The van der Waals surface area contributed by atoms with Gasteiger partial charge in [0.15, 0.2) is 23.4 Å². The van der Waals surface area contributed by atoms with Crippen LogP contribution >= 0.6 is 11.3 Å². The standard InChI is InChI=1S/C25H31N5O2.C19H20FN3O2.C16H15F2N3OS/c1-2-15-27-24(32)29-16-13-19(14-17-29)18-30-22(31)25(28-23(30)26,20-9-5-3-6-10-20)21-11-7-4-8-12-21;1-19(11-17(24)23(2)18(21)22-19)13-6-4-5-12(9-13)15-10-14(25-3)7-8-16(15)20;1-16(7-14(22)21(2)15(19)20-16)13-5-10(8-23-13)9-3-11(17)6-12(18)4-9/h3-12,19H,2,13-18H2,1H3,(H2,26,28)(H,27,32);4-10H,11H2,1-3H3,(H2,21,22);3-6,8H,7H2,1-2H3,(H2,19,20)/t;19-;16-/m.00/s1. The Morgan fingerprint density at radius 1 is 0.688 bits per heavy atom. The van der Waals surface area contributed by atoms with Gasteiger partial charge in [0, 0.05) is 56.8 Å². The third-order valence-corrected chi connectivity index (χ3v) is 16.0. The molecule has 4 aliphatic heterocycles. The number of benzene rings is 5. The van der Waals surface area contributed by atoms with E-state index in [1.54, 1.807) is 42.6 Å². The number of nitrogens with one attached hydrogen (secondary N) is 1. The van der Waals surface area contributed by atoms with Crippen LogP contribution in [-0.4, -0.2) is 109 Å². The number of rotatable bonds is 11. The Morgan fingerprint density at radius 3 is 1.84 bits per heavy atom. The fourth-order valence-electron chi connectivity index (χ4n) is 10.1. The first-order chi connectivity index (χ1) is 38.2. The summed E-state index contributed by atoms with van der Waals surface area (Å²) >= 11 is 1.39. The van der Waals surface area contributed by atoms with E-state index in [0.717, 1.165) is 46.9 Å². The molecule has 10 rings (SSSR count). The fraction of sp³-hybridized carbons (Fsp3) is 0.317. The number of urea groups is 1. The number of carbonyl (C=O) groups excluding carboxylic acids is 4. The first kappa shape index (κ1) is 57.6. The summed E-state index contributed by atoms with van der Waals surface area (Å²) in [6.07, 6.45) is 2.99. The van der Waals surface area contributed by atoms with Crippen LogP contribution < -0.4 is 27.3 Å². The van der Waals surface area contributed by atoms with Gasteiger partial charge in [-0.3, -0.25) is 29.1 Å². The predicted octanol–water partition coefficient (Wildman–Crippen LogP) is 8.90. The molecule has 2 atom stereocenters.